The van der Waals surface area contributed by atoms with E-state index in [1.54, 1.807) is 0 Å². The van der Waals surface area contributed by atoms with Crippen LogP contribution >= 0.6 is 12.4 Å². The second kappa shape index (κ2) is 9.13. The van der Waals surface area contributed by atoms with E-state index in [0.29, 0.717) is 24.2 Å². The minimum Gasteiger partial charge on any atom is -0.339 e. The summed E-state index contributed by atoms with van der Waals surface area (Å²) in [6.45, 7) is 4.76. The van der Waals surface area contributed by atoms with Crippen LogP contribution in [0.4, 0.5) is 0 Å². The normalized spacial score (nSPS) is 31.5. The number of halogens is 1. The Bertz CT molecular complexity index is 530. The van der Waals surface area contributed by atoms with E-state index in [1.165, 1.54) is 44.9 Å². The molecule has 0 bridgehead atoms. The topological polar surface area (TPSA) is 52.7 Å². The third-order valence-electron chi connectivity index (χ3n) is 7.62. The van der Waals surface area contributed by atoms with Crippen molar-refractivity contribution in [1.82, 2.24) is 15.1 Å². The van der Waals surface area contributed by atoms with Crippen molar-refractivity contribution >= 4 is 24.2 Å². The average Bonchev–Trinajstić information content (AvgIpc) is 3.35. The fourth-order valence-electron chi connectivity index (χ4n) is 5.93. The zero-order valence-corrected chi connectivity index (χ0v) is 17.4. The molecule has 2 aliphatic heterocycles. The Morgan fingerprint density at radius 2 is 1.59 bits per heavy atom. The van der Waals surface area contributed by atoms with E-state index in [4.69, 9.17) is 0 Å². The van der Waals surface area contributed by atoms with Crippen LogP contribution in [0, 0.1) is 17.3 Å². The summed E-state index contributed by atoms with van der Waals surface area (Å²) in [7, 11) is 0. The van der Waals surface area contributed by atoms with Crippen LogP contribution in [-0.2, 0) is 9.59 Å². The van der Waals surface area contributed by atoms with Crippen LogP contribution < -0.4 is 5.32 Å². The van der Waals surface area contributed by atoms with Crippen molar-refractivity contribution in [3.63, 3.8) is 0 Å². The third kappa shape index (κ3) is 4.29. The Morgan fingerprint density at radius 1 is 0.926 bits per heavy atom. The number of amides is 2. The lowest BCUT2D eigenvalue weighted by atomic mass is 9.67. The van der Waals surface area contributed by atoms with Gasteiger partial charge in [-0.25, -0.2) is 0 Å². The first-order chi connectivity index (χ1) is 12.7. The van der Waals surface area contributed by atoms with Gasteiger partial charge in [-0.1, -0.05) is 38.5 Å². The van der Waals surface area contributed by atoms with Crippen molar-refractivity contribution in [2.45, 2.75) is 64.2 Å². The van der Waals surface area contributed by atoms with Gasteiger partial charge in [0.2, 0.25) is 11.8 Å². The van der Waals surface area contributed by atoms with Gasteiger partial charge in [0.05, 0.1) is 5.41 Å². The number of nitrogens with one attached hydrogen (secondary N) is 1. The molecule has 0 aromatic rings. The third-order valence-corrected chi connectivity index (χ3v) is 7.62. The summed E-state index contributed by atoms with van der Waals surface area (Å²) >= 11 is 0. The molecule has 1 N–H and O–H groups in total. The summed E-state index contributed by atoms with van der Waals surface area (Å²) < 4.78 is 0. The average molecular weight is 398 g/mol. The number of hydrogen-bond donors (Lipinski definition) is 1. The van der Waals surface area contributed by atoms with Gasteiger partial charge in [-0.05, 0) is 37.6 Å². The fourth-order valence-corrected chi connectivity index (χ4v) is 5.93. The molecule has 4 aliphatic rings. The highest BCUT2D eigenvalue weighted by Gasteiger charge is 2.51. The molecule has 0 spiro atoms. The highest BCUT2D eigenvalue weighted by Crippen LogP contribution is 2.45. The van der Waals surface area contributed by atoms with Gasteiger partial charge in [0.1, 0.15) is 0 Å². The molecule has 0 aromatic heterocycles. The molecule has 27 heavy (non-hydrogen) atoms. The number of fused-ring (bicyclic) bond motifs is 1. The number of nitrogens with zero attached hydrogens (tertiary/aromatic N) is 2. The Morgan fingerprint density at radius 3 is 2.33 bits per heavy atom. The maximum absolute atomic E-state index is 13.3. The second-order valence-electron chi connectivity index (χ2n) is 9.09. The molecular formula is C21H36ClN3O2. The molecule has 4 rings (SSSR count). The second-order valence-corrected chi connectivity index (χ2v) is 9.09. The SMILES string of the molecule is Cl.O=C(CCC1CCCC1)N1CCN(C(=O)[C@@]23CCCC[C@H]2CNC3)CC1. The smallest absolute Gasteiger partial charge is 0.230 e. The van der Waals surface area contributed by atoms with Crippen LogP contribution in [0.3, 0.4) is 0 Å². The molecule has 0 aromatic carbocycles. The van der Waals surface area contributed by atoms with Crippen LogP contribution in [0.15, 0.2) is 0 Å². The van der Waals surface area contributed by atoms with Crippen LogP contribution in [0.1, 0.15) is 64.2 Å². The van der Waals surface area contributed by atoms with Crippen LogP contribution in [-0.4, -0.2) is 60.9 Å². The first-order valence-corrected chi connectivity index (χ1v) is 11.0. The molecule has 2 aliphatic carbocycles. The molecule has 2 atom stereocenters. The molecule has 2 saturated heterocycles. The summed E-state index contributed by atoms with van der Waals surface area (Å²) in [5.41, 5.74) is -0.146. The molecule has 2 heterocycles. The number of rotatable bonds is 4. The molecule has 5 nitrogen and oxygen atoms in total. The van der Waals surface area contributed by atoms with Crippen LogP contribution in [0.5, 0.6) is 0 Å². The highest BCUT2D eigenvalue weighted by molar-refractivity contribution is 5.85. The number of carbonyl (C=O) groups is 2. The summed E-state index contributed by atoms with van der Waals surface area (Å²) in [6.07, 6.45) is 11.8. The zero-order chi connectivity index (χ0) is 18.0. The van der Waals surface area contributed by atoms with E-state index in [2.05, 4.69) is 10.2 Å². The highest BCUT2D eigenvalue weighted by atomic mass is 35.5. The van der Waals surface area contributed by atoms with Gasteiger partial charge in [-0.3, -0.25) is 9.59 Å². The molecule has 0 unspecified atom stereocenters. The summed E-state index contributed by atoms with van der Waals surface area (Å²) in [6, 6.07) is 0. The van der Waals surface area contributed by atoms with E-state index < -0.39 is 0 Å². The van der Waals surface area contributed by atoms with Gasteiger partial charge in [-0.2, -0.15) is 0 Å². The Hall–Kier alpha value is -0.810. The number of hydrogen-bond acceptors (Lipinski definition) is 3. The zero-order valence-electron chi connectivity index (χ0n) is 16.6. The van der Waals surface area contributed by atoms with Crippen molar-refractivity contribution < 1.29 is 9.59 Å². The van der Waals surface area contributed by atoms with Gasteiger partial charge < -0.3 is 15.1 Å². The summed E-state index contributed by atoms with van der Waals surface area (Å²) in [4.78, 5) is 29.9. The Balaban J connectivity index is 0.00000210. The largest absolute Gasteiger partial charge is 0.339 e. The fraction of sp³-hybridized carbons (Fsp3) is 0.905. The Kier molecular flexibility index (Phi) is 7.07. The lowest BCUT2D eigenvalue weighted by molar-refractivity contribution is -0.149. The van der Waals surface area contributed by atoms with Crippen LogP contribution in [0.2, 0.25) is 0 Å². The Labute approximate surface area is 170 Å². The van der Waals surface area contributed by atoms with Crippen molar-refractivity contribution in [3.8, 4) is 0 Å². The van der Waals surface area contributed by atoms with E-state index in [1.807, 2.05) is 4.90 Å². The molecular weight excluding hydrogens is 362 g/mol. The van der Waals surface area contributed by atoms with Gasteiger partial charge in [0, 0.05) is 39.1 Å². The van der Waals surface area contributed by atoms with Crippen molar-refractivity contribution in [3.05, 3.63) is 0 Å². The van der Waals surface area contributed by atoms with E-state index >= 15 is 0 Å². The maximum atomic E-state index is 13.3. The molecule has 4 fully saturated rings. The van der Waals surface area contributed by atoms with Crippen molar-refractivity contribution in [1.29, 1.82) is 0 Å². The predicted molar refractivity (Wildman–Crippen MR) is 109 cm³/mol. The maximum Gasteiger partial charge on any atom is 0.230 e. The molecule has 2 amide bonds. The first kappa shape index (κ1) is 20.9. The van der Waals surface area contributed by atoms with Crippen LogP contribution in [0.25, 0.3) is 0 Å². The van der Waals surface area contributed by atoms with E-state index in [9.17, 15) is 9.59 Å². The minimum atomic E-state index is -0.146. The van der Waals surface area contributed by atoms with Gasteiger partial charge in [0.25, 0.3) is 0 Å². The lowest BCUT2D eigenvalue weighted by Crippen LogP contribution is -2.56. The van der Waals surface area contributed by atoms with E-state index in [0.717, 1.165) is 58.0 Å². The molecule has 154 valence electrons. The summed E-state index contributed by atoms with van der Waals surface area (Å²) in [5.74, 6) is 1.97. The number of piperazine rings is 1. The quantitative estimate of drug-likeness (QED) is 0.793. The van der Waals surface area contributed by atoms with E-state index in [-0.39, 0.29) is 17.8 Å². The number of carbonyl (C=O) groups excluding carboxylic acids is 2. The first-order valence-electron chi connectivity index (χ1n) is 11.0. The standard InChI is InChI=1S/C21H35N3O2.ClH/c25-19(9-8-17-5-1-2-6-17)23-11-13-24(14-12-23)20(26)21-10-4-3-7-18(21)15-22-16-21;/h17-18,22H,1-16H2;1H/t18-,21+;/m0./s1. The monoisotopic (exact) mass is 397 g/mol. The van der Waals surface area contributed by atoms with Gasteiger partial charge in [0.15, 0.2) is 0 Å². The predicted octanol–water partition coefficient (Wildman–Crippen LogP) is 2.83. The van der Waals surface area contributed by atoms with Gasteiger partial charge >= 0.3 is 0 Å². The van der Waals surface area contributed by atoms with Crippen molar-refractivity contribution in [2.24, 2.45) is 17.3 Å². The van der Waals surface area contributed by atoms with Gasteiger partial charge in [-0.15, -0.1) is 12.4 Å². The minimum absolute atomic E-state index is 0. The molecule has 2 saturated carbocycles. The van der Waals surface area contributed by atoms with Crippen molar-refractivity contribution in [2.75, 3.05) is 39.3 Å². The molecule has 0 radical (unpaired) electrons. The molecule has 6 heteroatoms. The lowest BCUT2D eigenvalue weighted by Gasteiger charge is -2.43. The summed E-state index contributed by atoms with van der Waals surface area (Å²) in [5, 5.41) is 3.48.